The first-order valence-corrected chi connectivity index (χ1v) is 10.2. The van der Waals surface area contributed by atoms with E-state index >= 15 is 0 Å². The van der Waals surface area contributed by atoms with Crippen molar-refractivity contribution in [2.24, 2.45) is 17.3 Å². The van der Waals surface area contributed by atoms with Crippen LogP contribution in [0.2, 0.25) is 0 Å². The van der Waals surface area contributed by atoms with Crippen LogP contribution >= 0.6 is 0 Å². The van der Waals surface area contributed by atoms with E-state index in [4.69, 9.17) is 9.47 Å². The van der Waals surface area contributed by atoms with Crippen LogP contribution in [-0.2, 0) is 41.9 Å². The standard InChI is InChI=1S/C25H26O8/c1-16(21(26)27)25(24(30)31,17(2)22(28)32-14-19-10-6-4-7-11-19)18(3)23(29)33-15-20-12-8-5-9-13-20/h4-13,17-18H,1,14-15H2,2-3H3,(H,26,27)(H,30,31)/p-2. The molecule has 2 aromatic carbocycles. The van der Waals surface area contributed by atoms with Gasteiger partial charge in [0.15, 0.2) is 0 Å². The second kappa shape index (κ2) is 11.1. The van der Waals surface area contributed by atoms with Crippen LogP contribution in [0.25, 0.3) is 0 Å². The lowest BCUT2D eigenvalue weighted by Crippen LogP contribution is -2.58. The Morgan fingerprint density at radius 2 is 1.15 bits per heavy atom. The summed E-state index contributed by atoms with van der Waals surface area (Å²) < 4.78 is 10.4. The molecule has 0 amide bonds. The summed E-state index contributed by atoms with van der Waals surface area (Å²) in [5, 5.41) is 24.0. The van der Waals surface area contributed by atoms with Gasteiger partial charge in [0.2, 0.25) is 0 Å². The minimum absolute atomic E-state index is 0.183. The molecule has 0 aliphatic carbocycles. The first-order valence-electron chi connectivity index (χ1n) is 10.2. The topological polar surface area (TPSA) is 133 Å². The number of carbonyl (C=O) groups is 4. The number of rotatable bonds is 11. The summed E-state index contributed by atoms with van der Waals surface area (Å²) >= 11 is 0. The molecule has 0 fully saturated rings. The van der Waals surface area contributed by atoms with Crippen LogP contribution in [0.3, 0.4) is 0 Å². The van der Waals surface area contributed by atoms with Gasteiger partial charge in [0.05, 0.1) is 29.2 Å². The summed E-state index contributed by atoms with van der Waals surface area (Å²) in [4.78, 5) is 49.5. The zero-order chi connectivity index (χ0) is 24.6. The van der Waals surface area contributed by atoms with E-state index in [1.165, 1.54) is 0 Å². The molecule has 0 saturated carbocycles. The maximum Gasteiger partial charge on any atom is 0.310 e. The van der Waals surface area contributed by atoms with Gasteiger partial charge < -0.3 is 29.3 Å². The SMILES string of the molecule is C=C(C(=O)[O-])C(C(=O)[O-])(C(C)C(=O)OCc1ccccc1)C(C)C(=O)OCc1ccccc1. The predicted molar refractivity (Wildman–Crippen MR) is 112 cm³/mol. The Morgan fingerprint density at radius 3 is 1.45 bits per heavy atom. The lowest BCUT2D eigenvalue weighted by Gasteiger charge is -2.44. The Hall–Kier alpha value is -3.94. The molecule has 0 spiro atoms. The van der Waals surface area contributed by atoms with E-state index < -0.39 is 46.7 Å². The molecule has 0 N–H and O–H groups in total. The van der Waals surface area contributed by atoms with Gasteiger partial charge in [-0.15, -0.1) is 0 Å². The molecule has 8 heteroatoms. The molecule has 0 bridgehead atoms. The van der Waals surface area contributed by atoms with Crippen molar-refractivity contribution in [2.45, 2.75) is 27.1 Å². The summed E-state index contributed by atoms with van der Waals surface area (Å²) in [7, 11) is 0. The molecule has 174 valence electrons. The number of carbonyl (C=O) groups excluding carboxylic acids is 4. The highest BCUT2D eigenvalue weighted by Gasteiger charge is 2.52. The third kappa shape index (κ3) is 5.65. The Labute approximate surface area is 191 Å². The molecule has 0 aliphatic rings. The molecular formula is C25H24O8-2. The summed E-state index contributed by atoms with van der Waals surface area (Å²) in [5.41, 5.74) is -2.39. The Bertz CT molecular complexity index is 952. The van der Waals surface area contributed by atoms with Gasteiger partial charge in [0, 0.05) is 0 Å². The highest BCUT2D eigenvalue weighted by atomic mass is 16.5. The number of ether oxygens (including phenoxy) is 2. The number of carboxylic acids is 2. The summed E-state index contributed by atoms with van der Waals surface area (Å²) in [6.07, 6.45) is 0. The van der Waals surface area contributed by atoms with Gasteiger partial charge in [-0.05, 0) is 16.7 Å². The fourth-order valence-electron chi connectivity index (χ4n) is 3.62. The monoisotopic (exact) mass is 452 g/mol. The molecule has 0 aliphatic heterocycles. The first kappa shape index (κ1) is 25.3. The van der Waals surface area contributed by atoms with E-state index in [9.17, 15) is 29.4 Å². The second-order valence-electron chi connectivity index (χ2n) is 7.55. The lowest BCUT2D eigenvalue weighted by molar-refractivity contribution is -0.326. The highest BCUT2D eigenvalue weighted by molar-refractivity contribution is 6.00. The Balaban J connectivity index is 2.32. The number of esters is 2. The molecule has 8 nitrogen and oxygen atoms in total. The van der Waals surface area contributed by atoms with Crippen LogP contribution in [0.4, 0.5) is 0 Å². The van der Waals surface area contributed by atoms with Crippen LogP contribution < -0.4 is 10.2 Å². The molecule has 0 heterocycles. The Kier molecular flexibility index (Phi) is 8.50. The van der Waals surface area contributed by atoms with Crippen molar-refractivity contribution in [1.29, 1.82) is 0 Å². The fourth-order valence-corrected chi connectivity index (χ4v) is 3.62. The number of aliphatic carboxylic acids is 2. The third-order valence-corrected chi connectivity index (χ3v) is 5.60. The first-order chi connectivity index (χ1) is 15.6. The maximum atomic E-state index is 12.8. The maximum absolute atomic E-state index is 12.8. The van der Waals surface area contributed by atoms with Crippen molar-refractivity contribution in [3.8, 4) is 0 Å². The van der Waals surface area contributed by atoms with Crippen LogP contribution in [0.15, 0.2) is 72.8 Å². The van der Waals surface area contributed by atoms with Gasteiger partial charge >= 0.3 is 11.9 Å². The number of hydrogen-bond donors (Lipinski definition) is 0. The molecular weight excluding hydrogens is 428 g/mol. The molecule has 0 aromatic heterocycles. The van der Waals surface area contributed by atoms with E-state index in [2.05, 4.69) is 6.58 Å². The quantitative estimate of drug-likeness (QED) is 0.361. The highest BCUT2D eigenvalue weighted by Crippen LogP contribution is 2.43. The molecule has 2 atom stereocenters. The van der Waals surface area contributed by atoms with Gasteiger partial charge in [-0.25, -0.2) is 0 Å². The smallest absolute Gasteiger partial charge is 0.310 e. The van der Waals surface area contributed by atoms with Crippen molar-refractivity contribution in [3.63, 3.8) is 0 Å². The minimum atomic E-state index is -2.67. The van der Waals surface area contributed by atoms with Crippen molar-refractivity contribution in [1.82, 2.24) is 0 Å². The van der Waals surface area contributed by atoms with E-state index in [1.807, 2.05) is 0 Å². The van der Waals surface area contributed by atoms with E-state index in [1.54, 1.807) is 60.7 Å². The molecule has 0 radical (unpaired) electrons. The van der Waals surface area contributed by atoms with E-state index in [0.717, 1.165) is 13.8 Å². The van der Waals surface area contributed by atoms with Crippen molar-refractivity contribution in [3.05, 3.63) is 83.9 Å². The van der Waals surface area contributed by atoms with Gasteiger partial charge in [0.25, 0.3) is 0 Å². The lowest BCUT2D eigenvalue weighted by atomic mass is 9.63. The molecule has 2 unspecified atom stereocenters. The number of carboxylic acid groups (broad SMARTS) is 2. The molecule has 0 saturated heterocycles. The summed E-state index contributed by atoms with van der Waals surface area (Å²) in [6.45, 7) is 5.20. The average Bonchev–Trinajstić information content (AvgIpc) is 2.82. The fraction of sp³-hybridized carbons (Fsp3) is 0.280. The number of hydrogen-bond acceptors (Lipinski definition) is 8. The van der Waals surface area contributed by atoms with Crippen LogP contribution in [0.1, 0.15) is 25.0 Å². The van der Waals surface area contributed by atoms with E-state index in [0.29, 0.717) is 11.1 Å². The predicted octanol–water partition coefficient (Wildman–Crippen LogP) is 0.788. The molecule has 33 heavy (non-hydrogen) atoms. The molecule has 2 aromatic rings. The Morgan fingerprint density at radius 1 is 0.788 bits per heavy atom. The largest absolute Gasteiger partial charge is 0.549 e. The van der Waals surface area contributed by atoms with Crippen molar-refractivity contribution in [2.75, 3.05) is 0 Å². The van der Waals surface area contributed by atoms with Crippen LogP contribution in [0, 0.1) is 17.3 Å². The van der Waals surface area contributed by atoms with Gasteiger partial charge in [-0.1, -0.05) is 81.1 Å². The average molecular weight is 452 g/mol. The van der Waals surface area contributed by atoms with Gasteiger partial charge in [0.1, 0.15) is 13.2 Å². The molecule has 2 rings (SSSR count). The van der Waals surface area contributed by atoms with E-state index in [-0.39, 0.29) is 13.2 Å². The van der Waals surface area contributed by atoms with Crippen LogP contribution in [0.5, 0.6) is 0 Å². The minimum Gasteiger partial charge on any atom is -0.549 e. The normalized spacial score (nSPS) is 14.2. The van der Waals surface area contributed by atoms with Gasteiger partial charge in [-0.2, -0.15) is 0 Å². The third-order valence-electron chi connectivity index (χ3n) is 5.60. The summed E-state index contributed by atoms with van der Waals surface area (Å²) in [6, 6.07) is 17.2. The second-order valence-corrected chi connectivity index (χ2v) is 7.55. The van der Waals surface area contributed by atoms with Crippen molar-refractivity contribution < 1.29 is 38.9 Å². The number of benzene rings is 2. The zero-order valence-corrected chi connectivity index (χ0v) is 18.3. The summed E-state index contributed by atoms with van der Waals surface area (Å²) in [5.74, 6) is -9.33. The zero-order valence-electron chi connectivity index (χ0n) is 18.3. The van der Waals surface area contributed by atoms with Crippen LogP contribution in [-0.4, -0.2) is 23.9 Å². The van der Waals surface area contributed by atoms with Gasteiger partial charge in [-0.3, -0.25) is 9.59 Å². The van der Waals surface area contributed by atoms with Crippen molar-refractivity contribution >= 4 is 23.9 Å².